The quantitative estimate of drug-likeness (QED) is 0.257. The Morgan fingerprint density at radius 2 is 1.50 bits per heavy atom. The molecule has 0 aliphatic rings. The molecule has 4 nitrogen and oxygen atoms in total. The zero-order chi connectivity index (χ0) is 22.9. The van der Waals surface area contributed by atoms with Gasteiger partial charge in [-0.3, -0.25) is 4.79 Å². The van der Waals surface area contributed by atoms with Crippen molar-refractivity contribution in [2.24, 2.45) is 0 Å². The third kappa shape index (κ3) is 4.56. The molecule has 0 saturated heterocycles. The fraction of sp³-hybridized carbons (Fsp3) is 0.120. The van der Waals surface area contributed by atoms with Crippen molar-refractivity contribution in [3.63, 3.8) is 0 Å². The van der Waals surface area contributed by atoms with Gasteiger partial charge in [0.2, 0.25) is 5.89 Å². The number of aromatic nitrogens is 1. The highest BCUT2D eigenvalue weighted by Crippen LogP contribution is 2.34. The average molecular weight is 437 g/mol. The number of ether oxygens (including phenoxy) is 1. The molecule has 1 heterocycles. The van der Waals surface area contributed by atoms with Crippen LogP contribution >= 0.6 is 0 Å². The summed E-state index contributed by atoms with van der Waals surface area (Å²) in [6.07, 6.45) is -4.40. The van der Waals surface area contributed by atoms with Crippen LogP contribution in [0.4, 0.5) is 13.2 Å². The highest BCUT2D eigenvalue weighted by Gasteiger charge is 2.30. The van der Waals surface area contributed by atoms with E-state index >= 15 is 0 Å². The molecule has 0 aliphatic heterocycles. The fourth-order valence-electron chi connectivity index (χ4n) is 3.32. The second-order valence-electron chi connectivity index (χ2n) is 7.20. The minimum atomic E-state index is -4.40. The summed E-state index contributed by atoms with van der Waals surface area (Å²) >= 11 is 0. The first-order chi connectivity index (χ1) is 15.2. The van der Waals surface area contributed by atoms with Crippen LogP contribution < -0.4 is 4.74 Å². The minimum Gasteiger partial charge on any atom is -0.441 e. The van der Waals surface area contributed by atoms with E-state index in [-0.39, 0.29) is 11.9 Å². The van der Waals surface area contributed by atoms with Gasteiger partial charge in [0.15, 0.2) is 0 Å². The van der Waals surface area contributed by atoms with E-state index in [0.29, 0.717) is 22.8 Å². The second-order valence-corrected chi connectivity index (χ2v) is 7.20. The maximum Gasteiger partial charge on any atom is 0.416 e. The third-order valence-electron chi connectivity index (χ3n) is 4.84. The molecule has 0 aliphatic carbocycles. The van der Waals surface area contributed by atoms with E-state index in [2.05, 4.69) is 4.98 Å². The summed E-state index contributed by atoms with van der Waals surface area (Å²) in [5.74, 6) is 0.889. The van der Waals surface area contributed by atoms with Crippen LogP contribution in [-0.2, 0) is 11.0 Å². The van der Waals surface area contributed by atoms with Gasteiger partial charge >= 0.3 is 12.1 Å². The molecule has 4 aromatic rings. The predicted molar refractivity (Wildman–Crippen MR) is 114 cm³/mol. The molecule has 0 radical (unpaired) electrons. The summed E-state index contributed by atoms with van der Waals surface area (Å²) in [4.78, 5) is 15.6. The molecule has 0 spiro atoms. The number of esters is 1. The molecule has 0 unspecified atom stereocenters. The lowest BCUT2D eigenvalue weighted by atomic mass is 10.0. The van der Waals surface area contributed by atoms with Crippen molar-refractivity contribution in [2.45, 2.75) is 20.0 Å². The Labute approximate surface area is 182 Å². The van der Waals surface area contributed by atoms with Gasteiger partial charge in [-0.1, -0.05) is 30.3 Å². The first kappa shape index (κ1) is 21.4. The SMILES string of the molecule is CC(=O)Oc1ccc(-c2cccc(-c3nc(-c4ccc(C(F)(F)F)cc4)oc3C)c2)cc1. The molecule has 7 heteroatoms. The van der Waals surface area contributed by atoms with Crippen LogP contribution in [0, 0.1) is 6.92 Å². The van der Waals surface area contributed by atoms with Gasteiger partial charge < -0.3 is 9.15 Å². The van der Waals surface area contributed by atoms with Gasteiger partial charge in [0.05, 0.1) is 5.56 Å². The number of hydrogen-bond donors (Lipinski definition) is 0. The largest absolute Gasteiger partial charge is 0.441 e. The molecule has 0 N–H and O–H groups in total. The Bertz CT molecular complexity index is 1260. The van der Waals surface area contributed by atoms with E-state index in [1.54, 1.807) is 19.1 Å². The maximum atomic E-state index is 12.8. The molecular weight excluding hydrogens is 419 g/mol. The summed E-state index contributed by atoms with van der Waals surface area (Å²) < 4.78 is 49.2. The van der Waals surface area contributed by atoms with E-state index in [0.717, 1.165) is 28.8 Å². The zero-order valence-corrected chi connectivity index (χ0v) is 17.2. The predicted octanol–water partition coefficient (Wildman–Crippen LogP) is 6.93. The van der Waals surface area contributed by atoms with Crippen LogP contribution in [0.2, 0.25) is 0 Å². The number of carbonyl (C=O) groups excluding carboxylic acids is 1. The van der Waals surface area contributed by atoms with Gasteiger partial charge in [-0.25, -0.2) is 4.98 Å². The topological polar surface area (TPSA) is 52.3 Å². The van der Waals surface area contributed by atoms with E-state index < -0.39 is 11.7 Å². The Morgan fingerprint density at radius 3 is 2.12 bits per heavy atom. The number of aryl methyl sites for hydroxylation is 1. The Kier molecular flexibility index (Phi) is 5.57. The maximum absolute atomic E-state index is 12.8. The van der Waals surface area contributed by atoms with Gasteiger partial charge in [-0.2, -0.15) is 13.2 Å². The molecule has 3 aromatic carbocycles. The first-order valence-electron chi connectivity index (χ1n) is 9.75. The number of halogens is 3. The van der Waals surface area contributed by atoms with Crippen molar-refractivity contribution in [3.8, 4) is 39.6 Å². The average Bonchev–Trinajstić information content (AvgIpc) is 3.15. The highest BCUT2D eigenvalue weighted by molar-refractivity contribution is 5.74. The van der Waals surface area contributed by atoms with E-state index in [1.165, 1.54) is 19.1 Å². The smallest absolute Gasteiger partial charge is 0.416 e. The monoisotopic (exact) mass is 437 g/mol. The summed E-state index contributed by atoms with van der Waals surface area (Å²) in [7, 11) is 0. The molecule has 32 heavy (non-hydrogen) atoms. The number of carbonyl (C=O) groups is 1. The standard InChI is InChI=1S/C25H18F3NO3/c1-15-23(29-24(31-15)18-6-10-21(11-7-18)25(26,27)28)20-5-3-4-19(14-20)17-8-12-22(13-9-17)32-16(2)30/h3-14H,1-2H3. The van der Waals surface area contributed by atoms with Crippen molar-refractivity contribution < 1.29 is 27.1 Å². The van der Waals surface area contributed by atoms with Gasteiger partial charge in [-0.05, 0) is 60.5 Å². The second kappa shape index (κ2) is 8.34. The Balaban J connectivity index is 1.62. The van der Waals surface area contributed by atoms with Crippen LogP contribution in [0.15, 0.2) is 77.2 Å². The fourth-order valence-corrected chi connectivity index (χ4v) is 3.32. The van der Waals surface area contributed by atoms with Gasteiger partial charge in [0, 0.05) is 18.1 Å². The summed E-state index contributed by atoms with van der Waals surface area (Å²) in [6, 6.07) is 19.5. The number of rotatable bonds is 4. The molecule has 162 valence electrons. The number of benzene rings is 3. The van der Waals surface area contributed by atoms with E-state index in [1.807, 2.05) is 36.4 Å². The summed E-state index contributed by atoms with van der Waals surface area (Å²) in [6.45, 7) is 3.10. The number of oxazole rings is 1. The van der Waals surface area contributed by atoms with Crippen molar-refractivity contribution in [3.05, 3.63) is 84.1 Å². The van der Waals surface area contributed by atoms with Crippen LogP contribution in [0.3, 0.4) is 0 Å². The molecule has 0 amide bonds. The molecule has 0 fully saturated rings. The van der Waals surface area contributed by atoms with E-state index in [9.17, 15) is 18.0 Å². The van der Waals surface area contributed by atoms with Crippen molar-refractivity contribution in [1.82, 2.24) is 4.98 Å². The van der Waals surface area contributed by atoms with Gasteiger partial charge in [0.25, 0.3) is 0 Å². The van der Waals surface area contributed by atoms with Crippen LogP contribution in [-0.4, -0.2) is 11.0 Å². The van der Waals surface area contributed by atoms with E-state index in [4.69, 9.17) is 9.15 Å². The molecule has 0 bridgehead atoms. The number of alkyl halides is 3. The van der Waals surface area contributed by atoms with Crippen LogP contribution in [0.5, 0.6) is 5.75 Å². The molecule has 0 atom stereocenters. The normalized spacial score (nSPS) is 11.4. The first-order valence-corrected chi connectivity index (χ1v) is 9.75. The number of hydrogen-bond acceptors (Lipinski definition) is 4. The van der Waals surface area contributed by atoms with Crippen molar-refractivity contribution >= 4 is 5.97 Å². The molecule has 4 rings (SSSR count). The summed E-state index contributed by atoms with van der Waals surface area (Å²) in [5.41, 5.74) is 3.01. The lowest BCUT2D eigenvalue weighted by molar-refractivity contribution is -0.137. The Hall–Kier alpha value is -3.87. The van der Waals surface area contributed by atoms with Crippen LogP contribution in [0.1, 0.15) is 18.2 Å². The summed E-state index contributed by atoms with van der Waals surface area (Å²) in [5, 5.41) is 0. The third-order valence-corrected chi connectivity index (χ3v) is 4.84. The van der Waals surface area contributed by atoms with Crippen molar-refractivity contribution in [1.29, 1.82) is 0 Å². The highest BCUT2D eigenvalue weighted by atomic mass is 19.4. The lowest BCUT2D eigenvalue weighted by Gasteiger charge is -2.06. The van der Waals surface area contributed by atoms with Gasteiger partial charge in [0.1, 0.15) is 17.2 Å². The molecule has 0 saturated carbocycles. The Morgan fingerprint density at radius 1 is 0.875 bits per heavy atom. The van der Waals surface area contributed by atoms with Crippen LogP contribution in [0.25, 0.3) is 33.8 Å². The number of nitrogens with zero attached hydrogens (tertiary/aromatic N) is 1. The minimum absolute atomic E-state index is 0.252. The zero-order valence-electron chi connectivity index (χ0n) is 17.2. The van der Waals surface area contributed by atoms with Crippen molar-refractivity contribution in [2.75, 3.05) is 0 Å². The molecular formula is C25H18F3NO3. The van der Waals surface area contributed by atoms with Gasteiger partial charge in [-0.15, -0.1) is 0 Å². The molecule has 1 aromatic heterocycles. The lowest BCUT2D eigenvalue weighted by Crippen LogP contribution is -2.03.